The van der Waals surface area contributed by atoms with Crippen molar-refractivity contribution in [1.82, 2.24) is 24.5 Å². The fourth-order valence-electron chi connectivity index (χ4n) is 3.61. The summed E-state index contributed by atoms with van der Waals surface area (Å²) in [5.74, 6) is 1.05. The summed E-state index contributed by atoms with van der Waals surface area (Å²) in [6.45, 7) is 3.86. The predicted molar refractivity (Wildman–Crippen MR) is 96.4 cm³/mol. The van der Waals surface area contributed by atoms with Crippen molar-refractivity contribution in [2.45, 2.75) is 38.5 Å². The molecule has 0 saturated heterocycles. The molecule has 0 amide bonds. The van der Waals surface area contributed by atoms with Crippen LogP contribution in [0.4, 0.5) is 0 Å². The standard InChI is InChI=1S/C19H25N5O2/c1-22-18(7-8-20-22)19(25)17-13-15-14-23(10-4-11-24(15)21-17)9-2-5-16-6-3-12-26-16/h3,6-8,12-13,19,25H,2,4-5,9-11,14H2,1H3. The van der Waals surface area contributed by atoms with Gasteiger partial charge in [0, 0.05) is 39.3 Å². The van der Waals surface area contributed by atoms with Crippen molar-refractivity contribution in [2.75, 3.05) is 13.1 Å². The van der Waals surface area contributed by atoms with Crippen molar-refractivity contribution < 1.29 is 9.52 Å². The van der Waals surface area contributed by atoms with Gasteiger partial charge in [-0.2, -0.15) is 10.2 Å². The van der Waals surface area contributed by atoms with E-state index in [4.69, 9.17) is 4.42 Å². The second kappa shape index (κ2) is 7.47. The Morgan fingerprint density at radius 1 is 1.31 bits per heavy atom. The molecule has 138 valence electrons. The summed E-state index contributed by atoms with van der Waals surface area (Å²) < 4.78 is 9.14. The highest BCUT2D eigenvalue weighted by atomic mass is 16.3. The Hall–Kier alpha value is -2.38. The van der Waals surface area contributed by atoms with Crippen LogP contribution < -0.4 is 0 Å². The number of nitrogens with zero attached hydrogens (tertiary/aromatic N) is 5. The molecule has 1 N–H and O–H groups in total. The number of hydrogen-bond acceptors (Lipinski definition) is 5. The third-order valence-electron chi connectivity index (χ3n) is 5.01. The van der Waals surface area contributed by atoms with Gasteiger partial charge in [-0.15, -0.1) is 0 Å². The maximum atomic E-state index is 10.6. The second-order valence-corrected chi connectivity index (χ2v) is 6.88. The topological polar surface area (TPSA) is 72.2 Å². The molecule has 0 aliphatic carbocycles. The first-order valence-electron chi connectivity index (χ1n) is 9.18. The van der Waals surface area contributed by atoms with Crippen LogP contribution in [0.25, 0.3) is 0 Å². The quantitative estimate of drug-likeness (QED) is 0.733. The lowest BCUT2D eigenvalue weighted by atomic mass is 10.1. The predicted octanol–water partition coefficient (Wildman–Crippen LogP) is 2.13. The molecule has 1 unspecified atom stereocenters. The molecule has 0 aromatic carbocycles. The van der Waals surface area contributed by atoms with Gasteiger partial charge in [0.15, 0.2) is 0 Å². The molecule has 3 aromatic rings. The van der Waals surface area contributed by atoms with Crippen LogP contribution in [-0.4, -0.2) is 42.7 Å². The van der Waals surface area contributed by atoms with Gasteiger partial charge in [0.1, 0.15) is 11.9 Å². The average molecular weight is 355 g/mol. The number of rotatable bonds is 6. The van der Waals surface area contributed by atoms with Gasteiger partial charge in [-0.1, -0.05) is 0 Å². The maximum Gasteiger partial charge on any atom is 0.139 e. The first-order chi connectivity index (χ1) is 12.7. The Balaban J connectivity index is 1.41. The van der Waals surface area contributed by atoms with E-state index in [1.165, 1.54) is 0 Å². The van der Waals surface area contributed by atoms with Gasteiger partial charge in [-0.25, -0.2) is 0 Å². The van der Waals surface area contributed by atoms with Crippen LogP contribution in [0.2, 0.25) is 0 Å². The fourth-order valence-corrected chi connectivity index (χ4v) is 3.61. The van der Waals surface area contributed by atoms with E-state index in [9.17, 15) is 5.11 Å². The van der Waals surface area contributed by atoms with Gasteiger partial charge >= 0.3 is 0 Å². The van der Waals surface area contributed by atoms with Gasteiger partial charge in [0.05, 0.1) is 23.3 Å². The van der Waals surface area contributed by atoms with Crippen molar-refractivity contribution in [3.63, 3.8) is 0 Å². The molecular weight excluding hydrogens is 330 g/mol. The second-order valence-electron chi connectivity index (χ2n) is 6.88. The molecule has 1 aliphatic rings. The summed E-state index contributed by atoms with van der Waals surface area (Å²) in [7, 11) is 1.83. The molecule has 0 radical (unpaired) electrons. The summed E-state index contributed by atoms with van der Waals surface area (Å²) >= 11 is 0. The van der Waals surface area contributed by atoms with Crippen LogP contribution in [-0.2, 0) is 26.6 Å². The Labute approximate surface area is 152 Å². The minimum atomic E-state index is -0.741. The molecule has 0 saturated carbocycles. The van der Waals surface area contributed by atoms with Crippen LogP contribution in [0.1, 0.15) is 41.8 Å². The van der Waals surface area contributed by atoms with Gasteiger partial charge in [-0.3, -0.25) is 14.3 Å². The summed E-state index contributed by atoms with van der Waals surface area (Å²) in [5.41, 5.74) is 2.62. The third kappa shape index (κ3) is 3.59. The van der Waals surface area contributed by atoms with E-state index in [1.807, 2.05) is 36.0 Å². The minimum absolute atomic E-state index is 0.695. The number of hydrogen-bond donors (Lipinski definition) is 1. The Kier molecular flexibility index (Phi) is 4.90. The number of aliphatic hydroxyl groups is 1. The molecule has 26 heavy (non-hydrogen) atoms. The fraction of sp³-hybridized carbons (Fsp3) is 0.474. The van der Waals surface area contributed by atoms with Crippen molar-refractivity contribution in [3.8, 4) is 0 Å². The zero-order valence-electron chi connectivity index (χ0n) is 15.1. The molecular formula is C19H25N5O2. The SMILES string of the molecule is Cn1nccc1C(O)c1cc2n(n1)CCCN(CCCc1ccco1)C2. The number of aromatic nitrogens is 4. The van der Waals surface area contributed by atoms with Crippen molar-refractivity contribution >= 4 is 0 Å². The Morgan fingerprint density at radius 2 is 2.23 bits per heavy atom. The highest BCUT2D eigenvalue weighted by molar-refractivity contribution is 5.21. The molecule has 0 fully saturated rings. The van der Waals surface area contributed by atoms with E-state index in [1.54, 1.807) is 17.1 Å². The summed E-state index contributed by atoms with van der Waals surface area (Å²) in [6.07, 6.45) is 5.79. The van der Waals surface area contributed by atoms with E-state index in [2.05, 4.69) is 15.1 Å². The molecule has 0 bridgehead atoms. The molecule has 3 aromatic heterocycles. The Bertz CT molecular complexity index is 836. The zero-order chi connectivity index (χ0) is 17.9. The largest absolute Gasteiger partial charge is 0.469 e. The van der Waals surface area contributed by atoms with E-state index < -0.39 is 6.10 Å². The lowest BCUT2D eigenvalue weighted by molar-refractivity contribution is 0.203. The molecule has 7 heteroatoms. The highest BCUT2D eigenvalue weighted by Crippen LogP contribution is 2.23. The number of aryl methyl sites for hydroxylation is 3. The third-order valence-corrected chi connectivity index (χ3v) is 5.01. The van der Waals surface area contributed by atoms with Crippen molar-refractivity contribution in [2.24, 2.45) is 7.05 Å². The number of aliphatic hydroxyl groups excluding tert-OH is 1. The van der Waals surface area contributed by atoms with E-state index in [0.717, 1.165) is 62.6 Å². The van der Waals surface area contributed by atoms with Crippen LogP contribution in [0.5, 0.6) is 0 Å². The van der Waals surface area contributed by atoms with Crippen LogP contribution in [0.15, 0.2) is 41.1 Å². The summed E-state index contributed by atoms with van der Waals surface area (Å²) in [5, 5.41) is 19.4. The normalized spacial score (nSPS) is 16.4. The van der Waals surface area contributed by atoms with Crippen LogP contribution >= 0.6 is 0 Å². The van der Waals surface area contributed by atoms with Gasteiger partial charge in [0.2, 0.25) is 0 Å². The lowest BCUT2D eigenvalue weighted by Gasteiger charge is -2.19. The molecule has 4 heterocycles. The monoisotopic (exact) mass is 355 g/mol. The number of fused-ring (bicyclic) bond motifs is 1. The highest BCUT2D eigenvalue weighted by Gasteiger charge is 2.22. The smallest absolute Gasteiger partial charge is 0.139 e. The van der Waals surface area contributed by atoms with Crippen LogP contribution in [0.3, 0.4) is 0 Å². The molecule has 4 rings (SSSR count). The van der Waals surface area contributed by atoms with E-state index in [0.29, 0.717) is 5.69 Å². The van der Waals surface area contributed by atoms with Crippen LogP contribution in [0, 0.1) is 0 Å². The lowest BCUT2D eigenvalue weighted by Crippen LogP contribution is -2.24. The summed E-state index contributed by atoms with van der Waals surface area (Å²) in [4.78, 5) is 2.46. The average Bonchev–Trinajstić information content (AvgIpc) is 3.35. The van der Waals surface area contributed by atoms with E-state index >= 15 is 0 Å². The van der Waals surface area contributed by atoms with Crippen molar-refractivity contribution in [1.29, 1.82) is 0 Å². The van der Waals surface area contributed by atoms with E-state index in [-0.39, 0.29) is 0 Å². The molecule has 7 nitrogen and oxygen atoms in total. The molecule has 1 aliphatic heterocycles. The van der Waals surface area contributed by atoms with Gasteiger partial charge < -0.3 is 9.52 Å². The minimum Gasteiger partial charge on any atom is -0.469 e. The first kappa shape index (κ1) is 17.1. The molecule has 0 spiro atoms. The first-order valence-corrected chi connectivity index (χ1v) is 9.18. The van der Waals surface area contributed by atoms with Gasteiger partial charge in [0.25, 0.3) is 0 Å². The summed E-state index contributed by atoms with van der Waals surface area (Å²) in [6, 6.07) is 7.83. The Morgan fingerprint density at radius 3 is 3.00 bits per heavy atom. The number of furan rings is 1. The zero-order valence-corrected chi connectivity index (χ0v) is 15.1. The van der Waals surface area contributed by atoms with Gasteiger partial charge in [-0.05, 0) is 43.7 Å². The maximum absolute atomic E-state index is 10.6. The molecule has 1 atom stereocenters. The van der Waals surface area contributed by atoms with Crippen molar-refractivity contribution in [3.05, 3.63) is 59.6 Å².